The second-order valence-electron chi connectivity index (χ2n) is 6.67. The third-order valence-electron chi connectivity index (χ3n) is 4.84. The van der Waals surface area contributed by atoms with Crippen molar-refractivity contribution < 1.29 is 19.2 Å². The maximum atomic E-state index is 13.0. The number of carbonyl (C=O) groups is 4. The Morgan fingerprint density at radius 1 is 0.964 bits per heavy atom. The molecule has 0 aliphatic carbocycles. The summed E-state index contributed by atoms with van der Waals surface area (Å²) in [7, 11) is 1.65. The number of fused-ring (bicyclic) bond motifs is 1. The number of benzene rings is 2. The molecule has 2 heterocycles. The quantitative estimate of drug-likeness (QED) is 0.645. The minimum Gasteiger partial charge on any atom is -0.326 e. The Balaban J connectivity index is 1.73. The Morgan fingerprint density at radius 2 is 1.64 bits per heavy atom. The number of anilines is 3. The number of para-hydroxylation sites is 1. The highest BCUT2D eigenvalue weighted by Crippen LogP contribution is 2.40. The molecule has 7 heteroatoms. The van der Waals surface area contributed by atoms with E-state index in [1.165, 1.54) is 11.8 Å². The van der Waals surface area contributed by atoms with Gasteiger partial charge in [0.1, 0.15) is 0 Å². The van der Waals surface area contributed by atoms with Crippen LogP contribution in [0.1, 0.15) is 18.9 Å². The fourth-order valence-corrected chi connectivity index (χ4v) is 3.57. The fraction of sp³-hybridized carbons (Fsp3) is 0.143. The second-order valence-corrected chi connectivity index (χ2v) is 6.67. The van der Waals surface area contributed by atoms with Crippen LogP contribution in [-0.2, 0) is 19.2 Å². The van der Waals surface area contributed by atoms with Crippen LogP contribution in [0.2, 0.25) is 0 Å². The molecule has 4 amide bonds. The predicted molar refractivity (Wildman–Crippen MR) is 105 cm³/mol. The van der Waals surface area contributed by atoms with Crippen LogP contribution >= 0.6 is 0 Å². The first kappa shape index (κ1) is 17.7. The minimum absolute atomic E-state index is 0.129. The highest BCUT2D eigenvalue weighted by molar-refractivity contribution is 6.41. The molecule has 0 saturated carbocycles. The Morgan fingerprint density at radius 3 is 2.32 bits per heavy atom. The maximum absolute atomic E-state index is 13.0. The molecule has 1 saturated heterocycles. The van der Waals surface area contributed by atoms with E-state index in [4.69, 9.17) is 0 Å². The highest BCUT2D eigenvalue weighted by Gasteiger charge is 2.42. The van der Waals surface area contributed by atoms with Gasteiger partial charge in [-0.1, -0.05) is 18.2 Å². The lowest BCUT2D eigenvalue weighted by Crippen LogP contribution is -2.29. The molecule has 28 heavy (non-hydrogen) atoms. The van der Waals surface area contributed by atoms with Crippen molar-refractivity contribution in [1.82, 2.24) is 0 Å². The summed E-state index contributed by atoms with van der Waals surface area (Å²) in [6.45, 7) is 1.40. The molecule has 7 nitrogen and oxygen atoms in total. The van der Waals surface area contributed by atoms with Gasteiger partial charge in [-0.05, 0) is 30.3 Å². The van der Waals surface area contributed by atoms with E-state index in [2.05, 4.69) is 5.32 Å². The lowest BCUT2D eigenvalue weighted by Gasteiger charge is -2.14. The molecule has 0 atom stereocenters. The first-order valence-electron chi connectivity index (χ1n) is 8.74. The summed E-state index contributed by atoms with van der Waals surface area (Å²) in [5, 5.41) is 2.63. The average Bonchev–Trinajstić information content (AvgIpc) is 3.09. The summed E-state index contributed by atoms with van der Waals surface area (Å²) in [5.74, 6) is -1.39. The van der Waals surface area contributed by atoms with E-state index in [1.807, 2.05) is 6.07 Å². The van der Waals surface area contributed by atoms with E-state index in [0.29, 0.717) is 22.6 Å². The monoisotopic (exact) mass is 375 g/mol. The van der Waals surface area contributed by atoms with E-state index in [-0.39, 0.29) is 35.3 Å². The smallest absolute Gasteiger partial charge is 0.262 e. The lowest BCUT2D eigenvalue weighted by molar-refractivity contribution is -0.121. The third kappa shape index (κ3) is 2.68. The van der Waals surface area contributed by atoms with Crippen LogP contribution in [0, 0.1) is 0 Å². The Bertz CT molecular complexity index is 1070. The zero-order valence-electron chi connectivity index (χ0n) is 15.4. The summed E-state index contributed by atoms with van der Waals surface area (Å²) in [5.41, 5.74) is 2.83. The summed E-state index contributed by atoms with van der Waals surface area (Å²) in [4.78, 5) is 52.1. The number of hydrogen-bond donors (Lipinski definition) is 1. The average molecular weight is 375 g/mol. The van der Waals surface area contributed by atoms with Crippen molar-refractivity contribution in [2.24, 2.45) is 0 Å². The van der Waals surface area contributed by atoms with E-state index >= 15 is 0 Å². The zero-order valence-corrected chi connectivity index (χ0v) is 15.4. The number of imide groups is 1. The molecule has 1 N–H and O–H groups in total. The Kier molecular flexibility index (Phi) is 4.07. The summed E-state index contributed by atoms with van der Waals surface area (Å²) in [6.07, 6.45) is -0.129. The number of nitrogens with zero attached hydrogens (tertiary/aromatic N) is 2. The molecule has 2 aliphatic heterocycles. The van der Waals surface area contributed by atoms with Crippen LogP contribution in [0.3, 0.4) is 0 Å². The van der Waals surface area contributed by atoms with Crippen molar-refractivity contribution in [3.8, 4) is 0 Å². The molecule has 0 bridgehead atoms. The number of nitrogens with one attached hydrogen (secondary N) is 1. The molecule has 2 aromatic carbocycles. The van der Waals surface area contributed by atoms with Crippen molar-refractivity contribution in [2.75, 3.05) is 22.2 Å². The second kappa shape index (κ2) is 6.45. The third-order valence-corrected chi connectivity index (χ3v) is 4.84. The highest BCUT2D eigenvalue weighted by atomic mass is 16.2. The summed E-state index contributed by atoms with van der Waals surface area (Å²) >= 11 is 0. The number of rotatable bonds is 2. The zero-order chi connectivity index (χ0) is 20.0. The molecule has 0 spiro atoms. The van der Waals surface area contributed by atoms with Gasteiger partial charge in [0.05, 0.1) is 23.4 Å². The van der Waals surface area contributed by atoms with Crippen molar-refractivity contribution in [2.45, 2.75) is 13.3 Å². The van der Waals surface area contributed by atoms with Gasteiger partial charge in [0, 0.05) is 30.8 Å². The Hall–Kier alpha value is -3.74. The number of likely N-dealkylation sites (N-methyl/N-ethyl adjacent to an activating group) is 1. The molecule has 0 radical (unpaired) electrons. The summed E-state index contributed by atoms with van der Waals surface area (Å²) < 4.78 is 0. The molecule has 1 fully saturated rings. The first-order valence-corrected chi connectivity index (χ1v) is 8.74. The van der Waals surface area contributed by atoms with E-state index < -0.39 is 5.91 Å². The van der Waals surface area contributed by atoms with Crippen LogP contribution in [0.15, 0.2) is 54.1 Å². The number of amides is 4. The van der Waals surface area contributed by atoms with Crippen LogP contribution in [-0.4, -0.2) is 30.7 Å². The van der Waals surface area contributed by atoms with E-state index in [9.17, 15) is 19.2 Å². The van der Waals surface area contributed by atoms with Gasteiger partial charge in [-0.2, -0.15) is 0 Å². The van der Waals surface area contributed by atoms with Crippen LogP contribution < -0.4 is 15.1 Å². The van der Waals surface area contributed by atoms with Crippen LogP contribution in [0.25, 0.3) is 5.57 Å². The molecule has 2 aliphatic rings. The molecule has 140 valence electrons. The first-order chi connectivity index (χ1) is 13.4. The van der Waals surface area contributed by atoms with Crippen LogP contribution in [0.4, 0.5) is 17.1 Å². The van der Waals surface area contributed by atoms with Gasteiger partial charge in [0.25, 0.3) is 11.8 Å². The van der Waals surface area contributed by atoms with Gasteiger partial charge >= 0.3 is 0 Å². The number of carbonyl (C=O) groups excluding carboxylic acids is 4. The van der Waals surface area contributed by atoms with Gasteiger partial charge in [0.2, 0.25) is 11.8 Å². The van der Waals surface area contributed by atoms with E-state index in [1.54, 1.807) is 49.5 Å². The summed E-state index contributed by atoms with van der Waals surface area (Å²) in [6, 6.07) is 13.6. The van der Waals surface area contributed by atoms with E-state index in [0.717, 1.165) is 4.90 Å². The standard InChI is InChI=1S/C21H17N3O4/c1-12(25)22-13-7-9-14(10-8-13)24-18(26)11-16(20(24)27)19-15-5-3-4-6-17(15)23(2)21(19)28/h3-10H,11H2,1-2H3,(H,22,25). The SMILES string of the molecule is CC(=O)Nc1ccc(N2C(=O)CC(=C3C(=O)N(C)c4ccccc43)C2=O)cc1. The number of hydrogen-bond acceptors (Lipinski definition) is 4. The molecule has 2 aromatic rings. The van der Waals surface area contributed by atoms with Gasteiger partial charge in [-0.25, -0.2) is 4.90 Å². The van der Waals surface area contributed by atoms with Crippen molar-refractivity contribution in [1.29, 1.82) is 0 Å². The van der Waals surface area contributed by atoms with Gasteiger partial charge in [-0.3, -0.25) is 19.2 Å². The molecule has 0 unspecified atom stereocenters. The molecular formula is C21H17N3O4. The maximum Gasteiger partial charge on any atom is 0.262 e. The van der Waals surface area contributed by atoms with Crippen LogP contribution in [0.5, 0.6) is 0 Å². The predicted octanol–water partition coefficient (Wildman–Crippen LogP) is 2.34. The minimum atomic E-state index is -0.495. The molecule has 4 rings (SSSR count). The molecule has 0 aromatic heterocycles. The fourth-order valence-electron chi connectivity index (χ4n) is 3.57. The van der Waals surface area contributed by atoms with Gasteiger partial charge in [-0.15, -0.1) is 0 Å². The Labute approximate surface area is 161 Å². The molecular weight excluding hydrogens is 358 g/mol. The van der Waals surface area contributed by atoms with Gasteiger partial charge in [0.15, 0.2) is 0 Å². The van der Waals surface area contributed by atoms with Crippen molar-refractivity contribution in [3.63, 3.8) is 0 Å². The largest absolute Gasteiger partial charge is 0.326 e. The van der Waals surface area contributed by atoms with Crippen molar-refractivity contribution in [3.05, 3.63) is 59.7 Å². The topological polar surface area (TPSA) is 86.8 Å². The normalized spacial score (nSPS) is 18.7. The van der Waals surface area contributed by atoms with Gasteiger partial charge < -0.3 is 10.2 Å². The lowest BCUT2D eigenvalue weighted by atomic mass is 10.00. The van der Waals surface area contributed by atoms with Crippen molar-refractivity contribution >= 4 is 46.3 Å².